The van der Waals surface area contributed by atoms with E-state index in [-0.39, 0.29) is 11.9 Å². The van der Waals surface area contributed by atoms with Gasteiger partial charge >= 0.3 is 0 Å². The lowest BCUT2D eigenvalue weighted by Gasteiger charge is -2.17. The van der Waals surface area contributed by atoms with Gasteiger partial charge in [0, 0.05) is 12.5 Å². The molecular weight excluding hydrogens is 308 g/mol. The minimum Gasteiger partial charge on any atom is -0.353 e. The number of carbonyl (C=O) groups is 1. The van der Waals surface area contributed by atoms with Crippen molar-refractivity contribution in [2.24, 2.45) is 5.73 Å². The van der Waals surface area contributed by atoms with Gasteiger partial charge in [-0.2, -0.15) is 0 Å². The van der Waals surface area contributed by atoms with E-state index in [9.17, 15) is 4.79 Å². The van der Waals surface area contributed by atoms with E-state index in [1.165, 1.54) is 77.0 Å². The number of unbranched alkanes of at least 4 members (excludes halogenated alkanes) is 12. The van der Waals surface area contributed by atoms with Gasteiger partial charge in [-0.15, -0.1) is 0 Å². The van der Waals surface area contributed by atoms with Gasteiger partial charge in [0.15, 0.2) is 0 Å². The van der Waals surface area contributed by atoms with Gasteiger partial charge in [-0.25, -0.2) is 0 Å². The average molecular weight is 355 g/mol. The van der Waals surface area contributed by atoms with Crippen LogP contribution in [0, 0.1) is 0 Å². The summed E-state index contributed by atoms with van der Waals surface area (Å²) >= 11 is 0. The fourth-order valence-corrected chi connectivity index (χ4v) is 3.44. The van der Waals surface area contributed by atoms with Crippen LogP contribution in [0.4, 0.5) is 0 Å². The molecule has 0 aliphatic heterocycles. The molecule has 0 aromatic rings. The molecule has 3 N–H and O–H groups in total. The van der Waals surface area contributed by atoms with Gasteiger partial charge in [-0.3, -0.25) is 4.79 Å². The SMILES string of the molecule is CCCCCCCCCCCCCCCC(=O)NC(CCC)CCN. The van der Waals surface area contributed by atoms with Gasteiger partial charge in [-0.1, -0.05) is 97.3 Å². The molecular formula is C22H46N2O. The van der Waals surface area contributed by atoms with Crippen molar-refractivity contribution >= 4 is 5.91 Å². The number of amides is 1. The molecule has 0 saturated carbocycles. The molecule has 0 aromatic carbocycles. The van der Waals surface area contributed by atoms with Crippen molar-refractivity contribution in [3.8, 4) is 0 Å². The molecule has 150 valence electrons. The topological polar surface area (TPSA) is 55.1 Å². The zero-order valence-corrected chi connectivity index (χ0v) is 17.3. The number of hydrogen-bond donors (Lipinski definition) is 2. The third kappa shape index (κ3) is 18.0. The Morgan fingerprint density at radius 2 is 1.20 bits per heavy atom. The Labute approximate surface area is 157 Å². The predicted molar refractivity (Wildman–Crippen MR) is 111 cm³/mol. The van der Waals surface area contributed by atoms with Crippen LogP contribution >= 0.6 is 0 Å². The van der Waals surface area contributed by atoms with Crippen LogP contribution in [-0.2, 0) is 4.79 Å². The highest BCUT2D eigenvalue weighted by Crippen LogP contribution is 2.13. The van der Waals surface area contributed by atoms with Crippen molar-refractivity contribution in [2.75, 3.05) is 6.54 Å². The second-order valence-corrected chi connectivity index (χ2v) is 7.62. The summed E-state index contributed by atoms with van der Waals surface area (Å²) in [6.07, 6.45) is 21.2. The Morgan fingerprint density at radius 3 is 1.64 bits per heavy atom. The first-order valence-corrected chi connectivity index (χ1v) is 11.2. The van der Waals surface area contributed by atoms with Crippen LogP contribution in [0.1, 0.15) is 123 Å². The molecule has 25 heavy (non-hydrogen) atoms. The molecule has 0 spiro atoms. The Morgan fingerprint density at radius 1 is 0.720 bits per heavy atom. The number of nitrogens with two attached hydrogens (primary N) is 1. The van der Waals surface area contributed by atoms with Crippen molar-refractivity contribution in [3.05, 3.63) is 0 Å². The van der Waals surface area contributed by atoms with Crippen LogP contribution in [0.25, 0.3) is 0 Å². The maximum atomic E-state index is 12.0. The number of rotatable bonds is 19. The smallest absolute Gasteiger partial charge is 0.220 e. The van der Waals surface area contributed by atoms with E-state index in [1.54, 1.807) is 0 Å². The predicted octanol–water partition coefficient (Wildman–Crippen LogP) is 6.10. The zero-order valence-electron chi connectivity index (χ0n) is 17.3. The summed E-state index contributed by atoms with van der Waals surface area (Å²) in [6.45, 7) is 5.09. The zero-order chi connectivity index (χ0) is 18.6. The third-order valence-corrected chi connectivity index (χ3v) is 5.02. The molecule has 1 unspecified atom stereocenters. The third-order valence-electron chi connectivity index (χ3n) is 5.02. The monoisotopic (exact) mass is 354 g/mol. The number of hydrogen-bond acceptors (Lipinski definition) is 2. The molecule has 0 radical (unpaired) electrons. The summed E-state index contributed by atoms with van der Waals surface area (Å²) in [5, 5.41) is 3.14. The van der Waals surface area contributed by atoms with Crippen LogP contribution in [0.3, 0.4) is 0 Å². The molecule has 0 heterocycles. The highest BCUT2D eigenvalue weighted by Gasteiger charge is 2.10. The van der Waals surface area contributed by atoms with Gasteiger partial charge in [0.2, 0.25) is 5.91 Å². The highest BCUT2D eigenvalue weighted by molar-refractivity contribution is 5.76. The highest BCUT2D eigenvalue weighted by atomic mass is 16.1. The van der Waals surface area contributed by atoms with Crippen molar-refractivity contribution in [2.45, 2.75) is 129 Å². The van der Waals surface area contributed by atoms with Crippen molar-refractivity contribution in [1.82, 2.24) is 5.32 Å². The van der Waals surface area contributed by atoms with Gasteiger partial charge < -0.3 is 11.1 Å². The number of carbonyl (C=O) groups excluding carboxylic acids is 1. The van der Waals surface area contributed by atoms with E-state index in [2.05, 4.69) is 19.2 Å². The quantitative estimate of drug-likeness (QED) is 0.275. The van der Waals surface area contributed by atoms with E-state index in [4.69, 9.17) is 5.73 Å². The van der Waals surface area contributed by atoms with E-state index in [0.29, 0.717) is 13.0 Å². The van der Waals surface area contributed by atoms with E-state index < -0.39 is 0 Å². The van der Waals surface area contributed by atoms with Crippen LogP contribution in [0.2, 0.25) is 0 Å². The minimum atomic E-state index is 0.218. The van der Waals surface area contributed by atoms with E-state index >= 15 is 0 Å². The average Bonchev–Trinajstić information content (AvgIpc) is 2.59. The van der Waals surface area contributed by atoms with Crippen LogP contribution in [0.15, 0.2) is 0 Å². The summed E-state index contributed by atoms with van der Waals surface area (Å²) in [4.78, 5) is 12.0. The largest absolute Gasteiger partial charge is 0.353 e. The van der Waals surface area contributed by atoms with Gasteiger partial charge in [0.1, 0.15) is 0 Å². The maximum absolute atomic E-state index is 12.0. The molecule has 0 aliphatic carbocycles. The molecule has 3 nitrogen and oxygen atoms in total. The molecule has 0 aliphatic rings. The van der Waals surface area contributed by atoms with Crippen LogP contribution in [0.5, 0.6) is 0 Å². The summed E-state index contributed by atoms with van der Waals surface area (Å²) in [7, 11) is 0. The fourth-order valence-electron chi connectivity index (χ4n) is 3.44. The van der Waals surface area contributed by atoms with E-state index in [1.807, 2.05) is 0 Å². The van der Waals surface area contributed by atoms with E-state index in [0.717, 1.165) is 25.7 Å². The Hall–Kier alpha value is -0.570. The van der Waals surface area contributed by atoms with Crippen molar-refractivity contribution < 1.29 is 4.79 Å². The Bertz CT molecular complexity index is 275. The first-order valence-electron chi connectivity index (χ1n) is 11.2. The molecule has 1 atom stereocenters. The second kappa shape index (κ2) is 19.8. The normalized spacial score (nSPS) is 12.3. The summed E-state index contributed by atoms with van der Waals surface area (Å²) in [5.41, 5.74) is 5.61. The molecule has 0 bridgehead atoms. The lowest BCUT2D eigenvalue weighted by molar-refractivity contribution is -0.122. The summed E-state index contributed by atoms with van der Waals surface area (Å²) in [6, 6.07) is 0.282. The molecule has 0 fully saturated rings. The number of nitrogens with one attached hydrogen (secondary N) is 1. The second-order valence-electron chi connectivity index (χ2n) is 7.62. The first-order chi connectivity index (χ1) is 12.2. The van der Waals surface area contributed by atoms with Gasteiger partial charge in [0.25, 0.3) is 0 Å². The van der Waals surface area contributed by atoms with Gasteiger partial charge in [0.05, 0.1) is 0 Å². The first kappa shape index (κ1) is 24.4. The molecule has 3 heteroatoms. The molecule has 0 rings (SSSR count). The molecule has 0 saturated heterocycles. The summed E-state index contributed by atoms with van der Waals surface area (Å²) < 4.78 is 0. The minimum absolute atomic E-state index is 0.218. The van der Waals surface area contributed by atoms with Gasteiger partial charge in [-0.05, 0) is 25.8 Å². The lowest BCUT2D eigenvalue weighted by Crippen LogP contribution is -2.36. The van der Waals surface area contributed by atoms with Crippen LogP contribution < -0.4 is 11.1 Å². The fraction of sp³-hybridized carbons (Fsp3) is 0.955. The van der Waals surface area contributed by atoms with Crippen molar-refractivity contribution in [3.63, 3.8) is 0 Å². The van der Waals surface area contributed by atoms with Crippen LogP contribution in [-0.4, -0.2) is 18.5 Å². The summed E-state index contributed by atoms with van der Waals surface area (Å²) in [5.74, 6) is 0.218. The maximum Gasteiger partial charge on any atom is 0.220 e. The molecule has 0 aromatic heterocycles. The lowest BCUT2D eigenvalue weighted by atomic mass is 10.0. The standard InChI is InChI=1S/C22H46N2O/c1-3-5-6-7-8-9-10-11-12-13-14-15-16-18-22(25)24-21(17-4-2)19-20-23/h21H,3-20,23H2,1-2H3,(H,24,25). The van der Waals surface area contributed by atoms with Crippen molar-refractivity contribution in [1.29, 1.82) is 0 Å². The Kier molecular flexibility index (Phi) is 19.3. The Balaban J connectivity index is 3.33. The molecule has 1 amide bonds.